The van der Waals surface area contributed by atoms with Crippen molar-refractivity contribution in [2.24, 2.45) is 5.92 Å². The fourth-order valence-electron chi connectivity index (χ4n) is 4.11. The SMILES string of the molecule is CCN1c2ccccc2NC2C1C(C(C)=O)C(=O)N2c1ccccc1. The lowest BCUT2D eigenvalue weighted by Crippen LogP contribution is -2.55. The summed E-state index contributed by atoms with van der Waals surface area (Å²) in [6, 6.07) is 17.4. The predicted octanol–water partition coefficient (Wildman–Crippen LogP) is 2.89. The number of amides is 1. The van der Waals surface area contributed by atoms with Crippen LogP contribution in [0.2, 0.25) is 0 Å². The van der Waals surface area contributed by atoms with Gasteiger partial charge in [0.25, 0.3) is 0 Å². The van der Waals surface area contributed by atoms with E-state index in [0.717, 1.165) is 23.6 Å². The molecular weight excluding hydrogens is 314 g/mol. The van der Waals surface area contributed by atoms with Crippen molar-refractivity contribution in [2.45, 2.75) is 26.1 Å². The molecule has 0 spiro atoms. The Balaban J connectivity index is 1.86. The molecule has 0 bridgehead atoms. The average molecular weight is 335 g/mol. The molecule has 3 atom stereocenters. The van der Waals surface area contributed by atoms with Gasteiger partial charge in [0.05, 0.1) is 17.4 Å². The second-order valence-electron chi connectivity index (χ2n) is 6.52. The van der Waals surface area contributed by atoms with Crippen LogP contribution in [0, 0.1) is 5.92 Å². The molecule has 5 nitrogen and oxygen atoms in total. The Hall–Kier alpha value is -2.82. The molecule has 0 saturated carbocycles. The number of nitrogens with one attached hydrogen (secondary N) is 1. The summed E-state index contributed by atoms with van der Waals surface area (Å²) in [6.07, 6.45) is -0.265. The van der Waals surface area contributed by atoms with E-state index < -0.39 is 5.92 Å². The van der Waals surface area contributed by atoms with Crippen LogP contribution in [-0.2, 0) is 9.59 Å². The van der Waals surface area contributed by atoms with Gasteiger partial charge >= 0.3 is 0 Å². The molecule has 0 aliphatic carbocycles. The minimum atomic E-state index is -0.661. The lowest BCUT2D eigenvalue weighted by atomic mass is 9.93. The summed E-state index contributed by atoms with van der Waals surface area (Å²) in [5.74, 6) is -0.878. The Kier molecular flexibility index (Phi) is 3.71. The molecule has 1 fully saturated rings. The van der Waals surface area contributed by atoms with Gasteiger partial charge in [-0.25, -0.2) is 0 Å². The molecule has 2 aromatic rings. The highest BCUT2D eigenvalue weighted by atomic mass is 16.2. The van der Waals surface area contributed by atoms with Gasteiger partial charge in [-0.2, -0.15) is 0 Å². The topological polar surface area (TPSA) is 52.7 Å². The minimum Gasteiger partial charge on any atom is -0.362 e. The number of hydrogen-bond acceptors (Lipinski definition) is 4. The van der Waals surface area contributed by atoms with Crippen LogP contribution in [0.1, 0.15) is 13.8 Å². The zero-order valence-electron chi connectivity index (χ0n) is 14.3. The lowest BCUT2D eigenvalue weighted by molar-refractivity contribution is -0.129. The summed E-state index contributed by atoms with van der Waals surface area (Å²) >= 11 is 0. The molecule has 2 aromatic carbocycles. The van der Waals surface area contributed by atoms with Crippen molar-refractivity contribution in [1.29, 1.82) is 0 Å². The minimum absolute atomic E-state index is 0.0851. The summed E-state index contributed by atoms with van der Waals surface area (Å²) in [6.45, 7) is 4.31. The fourth-order valence-corrected chi connectivity index (χ4v) is 4.11. The Morgan fingerprint density at radius 3 is 2.44 bits per heavy atom. The van der Waals surface area contributed by atoms with Gasteiger partial charge in [-0.1, -0.05) is 30.3 Å². The van der Waals surface area contributed by atoms with Crippen LogP contribution in [0.4, 0.5) is 17.1 Å². The van der Waals surface area contributed by atoms with Crippen LogP contribution in [0.25, 0.3) is 0 Å². The summed E-state index contributed by atoms with van der Waals surface area (Å²) in [7, 11) is 0. The number of ketones is 1. The molecule has 1 amide bonds. The molecule has 1 N–H and O–H groups in total. The number of carbonyl (C=O) groups excluding carboxylic acids is 2. The van der Waals surface area contributed by atoms with E-state index in [1.165, 1.54) is 6.92 Å². The molecular formula is C20H21N3O2. The highest BCUT2D eigenvalue weighted by Crippen LogP contribution is 2.42. The number of Topliss-reactive ketones (excluding diaryl/α,β-unsaturated/α-hetero) is 1. The first-order valence-corrected chi connectivity index (χ1v) is 8.64. The normalized spacial score (nSPS) is 24.6. The Labute approximate surface area is 147 Å². The predicted molar refractivity (Wildman–Crippen MR) is 98.8 cm³/mol. The lowest BCUT2D eigenvalue weighted by Gasteiger charge is -2.43. The van der Waals surface area contributed by atoms with Gasteiger partial charge < -0.3 is 10.2 Å². The second-order valence-corrected chi connectivity index (χ2v) is 6.52. The first kappa shape index (κ1) is 15.7. The van der Waals surface area contributed by atoms with Crippen LogP contribution < -0.4 is 15.1 Å². The van der Waals surface area contributed by atoms with Gasteiger partial charge in [0, 0.05) is 12.2 Å². The summed E-state index contributed by atoms with van der Waals surface area (Å²) in [5, 5.41) is 3.50. The van der Waals surface area contributed by atoms with Crippen molar-refractivity contribution in [3.05, 3.63) is 54.6 Å². The van der Waals surface area contributed by atoms with Crippen LogP contribution in [0.5, 0.6) is 0 Å². The van der Waals surface area contributed by atoms with E-state index in [4.69, 9.17) is 0 Å². The molecule has 5 heteroatoms. The number of likely N-dealkylation sites (N-methyl/N-ethyl adjacent to an activating group) is 1. The van der Waals surface area contributed by atoms with E-state index in [1.54, 1.807) is 4.90 Å². The van der Waals surface area contributed by atoms with Gasteiger partial charge in [0.15, 0.2) is 0 Å². The molecule has 4 rings (SSSR count). The summed E-state index contributed by atoms with van der Waals surface area (Å²) in [5.41, 5.74) is 2.85. The van der Waals surface area contributed by atoms with Crippen molar-refractivity contribution in [3.8, 4) is 0 Å². The first-order valence-electron chi connectivity index (χ1n) is 8.64. The highest BCUT2D eigenvalue weighted by molar-refractivity contribution is 6.12. The zero-order valence-corrected chi connectivity index (χ0v) is 14.3. The van der Waals surface area contributed by atoms with Gasteiger partial charge in [-0.05, 0) is 38.1 Å². The molecule has 2 aliphatic heterocycles. The molecule has 3 unspecified atom stereocenters. The van der Waals surface area contributed by atoms with Crippen LogP contribution in [0.3, 0.4) is 0 Å². The van der Waals surface area contributed by atoms with E-state index in [9.17, 15) is 9.59 Å². The number of nitrogens with zero attached hydrogens (tertiary/aromatic N) is 2. The van der Waals surface area contributed by atoms with Gasteiger partial charge in [-0.15, -0.1) is 0 Å². The van der Waals surface area contributed by atoms with Crippen molar-refractivity contribution in [3.63, 3.8) is 0 Å². The van der Waals surface area contributed by atoms with E-state index >= 15 is 0 Å². The maximum Gasteiger partial charge on any atom is 0.241 e. The molecule has 2 heterocycles. The number of para-hydroxylation sites is 3. The molecule has 0 aromatic heterocycles. The van der Waals surface area contributed by atoms with E-state index in [0.29, 0.717) is 0 Å². The third kappa shape index (κ3) is 2.30. The van der Waals surface area contributed by atoms with Crippen molar-refractivity contribution in [1.82, 2.24) is 0 Å². The maximum absolute atomic E-state index is 13.2. The Bertz CT molecular complexity index is 821. The summed E-state index contributed by atoms with van der Waals surface area (Å²) < 4.78 is 0. The molecule has 25 heavy (non-hydrogen) atoms. The zero-order chi connectivity index (χ0) is 17.6. The quantitative estimate of drug-likeness (QED) is 0.877. The number of anilines is 3. The first-order chi connectivity index (χ1) is 12.1. The molecule has 1 saturated heterocycles. The van der Waals surface area contributed by atoms with Crippen molar-refractivity contribution >= 4 is 28.8 Å². The fraction of sp³-hybridized carbons (Fsp3) is 0.300. The number of benzene rings is 2. The number of rotatable bonds is 3. The van der Waals surface area contributed by atoms with Crippen LogP contribution in [-0.4, -0.2) is 30.4 Å². The van der Waals surface area contributed by atoms with Crippen LogP contribution in [0.15, 0.2) is 54.6 Å². The van der Waals surface area contributed by atoms with E-state index in [1.807, 2.05) is 54.6 Å². The monoisotopic (exact) mass is 335 g/mol. The number of hydrogen-bond donors (Lipinski definition) is 1. The highest BCUT2D eigenvalue weighted by Gasteiger charge is 2.55. The third-order valence-electron chi connectivity index (χ3n) is 5.14. The largest absolute Gasteiger partial charge is 0.362 e. The molecule has 0 radical (unpaired) electrons. The number of carbonyl (C=O) groups is 2. The Morgan fingerprint density at radius 2 is 1.76 bits per heavy atom. The third-order valence-corrected chi connectivity index (χ3v) is 5.14. The smallest absolute Gasteiger partial charge is 0.241 e. The van der Waals surface area contributed by atoms with Crippen molar-refractivity contribution in [2.75, 3.05) is 21.7 Å². The average Bonchev–Trinajstić information content (AvgIpc) is 2.92. The van der Waals surface area contributed by atoms with Gasteiger partial charge in [-0.3, -0.25) is 14.5 Å². The van der Waals surface area contributed by atoms with Gasteiger partial charge in [0.2, 0.25) is 5.91 Å². The van der Waals surface area contributed by atoms with E-state index in [2.05, 4.69) is 17.1 Å². The standard InChI is InChI=1S/C20H21N3O2/c1-3-22-16-12-8-7-11-15(16)21-19-18(22)17(13(2)24)20(25)23(19)14-9-5-4-6-10-14/h4-12,17-19,21H,3H2,1-2H3. The summed E-state index contributed by atoms with van der Waals surface area (Å²) in [4.78, 5) is 29.5. The molecule has 128 valence electrons. The maximum atomic E-state index is 13.2. The van der Waals surface area contributed by atoms with Crippen molar-refractivity contribution < 1.29 is 9.59 Å². The Morgan fingerprint density at radius 1 is 1.08 bits per heavy atom. The van der Waals surface area contributed by atoms with E-state index in [-0.39, 0.29) is 23.9 Å². The second kappa shape index (κ2) is 5.92. The molecule has 2 aliphatic rings. The number of fused-ring (bicyclic) bond motifs is 2. The van der Waals surface area contributed by atoms with Crippen LogP contribution >= 0.6 is 0 Å². The van der Waals surface area contributed by atoms with Gasteiger partial charge in [0.1, 0.15) is 17.9 Å².